The highest BCUT2D eigenvalue weighted by atomic mass is 32.2. The van der Waals surface area contributed by atoms with Crippen molar-refractivity contribution >= 4 is 21.4 Å². The van der Waals surface area contributed by atoms with E-state index in [1.807, 2.05) is 36.6 Å². The molecular formula is C15H17NO2S2. The molecule has 1 aliphatic rings. The third-order valence-electron chi connectivity index (χ3n) is 3.76. The lowest BCUT2D eigenvalue weighted by Gasteiger charge is -2.24. The first-order valence-corrected chi connectivity index (χ1v) is 9.03. The van der Waals surface area contributed by atoms with Crippen molar-refractivity contribution in [2.75, 3.05) is 6.54 Å². The van der Waals surface area contributed by atoms with E-state index in [4.69, 9.17) is 0 Å². The maximum Gasteiger partial charge on any atom is 0.243 e. The van der Waals surface area contributed by atoms with Crippen molar-refractivity contribution in [2.24, 2.45) is 0 Å². The van der Waals surface area contributed by atoms with Crippen LogP contribution < -0.4 is 0 Å². The van der Waals surface area contributed by atoms with Crippen LogP contribution in [-0.2, 0) is 10.0 Å². The summed E-state index contributed by atoms with van der Waals surface area (Å²) in [7, 11) is -3.40. The molecule has 1 saturated heterocycles. The number of sulfonamides is 1. The van der Waals surface area contributed by atoms with E-state index in [9.17, 15) is 8.42 Å². The van der Waals surface area contributed by atoms with Gasteiger partial charge in [-0.15, -0.1) is 11.3 Å². The van der Waals surface area contributed by atoms with E-state index < -0.39 is 10.0 Å². The summed E-state index contributed by atoms with van der Waals surface area (Å²) >= 11 is 1.63. The molecule has 0 spiro atoms. The summed E-state index contributed by atoms with van der Waals surface area (Å²) in [6.45, 7) is 2.46. The van der Waals surface area contributed by atoms with Crippen LogP contribution in [0.4, 0.5) is 0 Å². The zero-order valence-corrected chi connectivity index (χ0v) is 13.0. The summed E-state index contributed by atoms with van der Waals surface area (Å²) in [5, 5.41) is 2.01. The van der Waals surface area contributed by atoms with Gasteiger partial charge >= 0.3 is 0 Å². The topological polar surface area (TPSA) is 37.4 Å². The van der Waals surface area contributed by atoms with E-state index in [1.165, 1.54) is 0 Å². The van der Waals surface area contributed by atoms with Gasteiger partial charge in [0.25, 0.3) is 0 Å². The molecule has 1 aliphatic heterocycles. The fraction of sp³-hybridized carbons (Fsp3) is 0.333. The molecule has 0 unspecified atom stereocenters. The number of hydrogen-bond donors (Lipinski definition) is 0. The molecule has 1 aromatic heterocycles. The normalized spacial score (nSPS) is 20.4. The van der Waals surface area contributed by atoms with Crippen LogP contribution in [0.5, 0.6) is 0 Å². The maximum atomic E-state index is 12.9. The molecule has 1 fully saturated rings. The van der Waals surface area contributed by atoms with Gasteiger partial charge in [0, 0.05) is 11.4 Å². The molecule has 2 aromatic rings. The quantitative estimate of drug-likeness (QED) is 0.869. The average molecular weight is 307 g/mol. The summed E-state index contributed by atoms with van der Waals surface area (Å²) in [5.41, 5.74) is 0.810. The standard InChI is InChI=1S/C15H17NO2S2/c1-12-6-2-3-9-15(12)20(17,18)16-10-4-7-13(16)14-8-5-11-19-14/h2-3,5-6,8-9,11,13H,4,7,10H2,1H3/t13-/m1/s1. The molecule has 0 bridgehead atoms. The van der Waals surface area contributed by atoms with E-state index in [0.717, 1.165) is 23.3 Å². The van der Waals surface area contributed by atoms with Crippen LogP contribution in [0.15, 0.2) is 46.7 Å². The smallest absolute Gasteiger partial charge is 0.207 e. The van der Waals surface area contributed by atoms with Crippen LogP contribution >= 0.6 is 11.3 Å². The Morgan fingerprint density at radius 3 is 2.70 bits per heavy atom. The average Bonchev–Trinajstić information content (AvgIpc) is 3.10. The summed E-state index contributed by atoms with van der Waals surface area (Å²) in [4.78, 5) is 1.57. The molecule has 0 saturated carbocycles. The first-order chi connectivity index (χ1) is 9.60. The highest BCUT2D eigenvalue weighted by molar-refractivity contribution is 7.89. The van der Waals surface area contributed by atoms with Gasteiger partial charge in [-0.2, -0.15) is 4.31 Å². The molecule has 106 valence electrons. The second-order valence-electron chi connectivity index (χ2n) is 5.05. The van der Waals surface area contributed by atoms with Crippen LogP contribution in [0, 0.1) is 6.92 Å². The molecule has 20 heavy (non-hydrogen) atoms. The van der Waals surface area contributed by atoms with E-state index in [1.54, 1.807) is 27.8 Å². The van der Waals surface area contributed by atoms with E-state index >= 15 is 0 Å². The van der Waals surface area contributed by atoms with Gasteiger partial charge in [0.05, 0.1) is 10.9 Å². The summed E-state index contributed by atoms with van der Waals surface area (Å²) in [6, 6.07) is 11.2. The minimum atomic E-state index is -3.40. The van der Waals surface area contributed by atoms with E-state index in [0.29, 0.717) is 11.4 Å². The largest absolute Gasteiger partial charge is 0.243 e. The molecule has 5 heteroatoms. The van der Waals surface area contributed by atoms with Crippen molar-refractivity contribution in [3.8, 4) is 0 Å². The van der Waals surface area contributed by atoms with Crippen molar-refractivity contribution in [3.63, 3.8) is 0 Å². The van der Waals surface area contributed by atoms with Crippen molar-refractivity contribution in [3.05, 3.63) is 52.2 Å². The summed E-state index contributed by atoms with van der Waals surface area (Å²) in [6.07, 6.45) is 1.83. The minimum Gasteiger partial charge on any atom is -0.207 e. The Hall–Kier alpha value is -1.17. The van der Waals surface area contributed by atoms with Gasteiger partial charge in [0.15, 0.2) is 0 Å². The third-order valence-corrected chi connectivity index (χ3v) is 6.80. The molecule has 2 heterocycles. The maximum absolute atomic E-state index is 12.9. The second-order valence-corrected chi connectivity index (χ2v) is 7.89. The third kappa shape index (κ3) is 2.30. The predicted molar refractivity (Wildman–Crippen MR) is 81.4 cm³/mol. The first kappa shape index (κ1) is 13.8. The monoisotopic (exact) mass is 307 g/mol. The number of nitrogens with zero attached hydrogens (tertiary/aromatic N) is 1. The molecule has 3 rings (SSSR count). The van der Waals surface area contributed by atoms with Crippen LogP contribution in [0.1, 0.15) is 29.3 Å². The van der Waals surface area contributed by atoms with Crippen LogP contribution in [0.2, 0.25) is 0 Å². The number of thiophene rings is 1. The van der Waals surface area contributed by atoms with Crippen molar-refractivity contribution in [2.45, 2.75) is 30.7 Å². The highest BCUT2D eigenvalue weighted by Gasteiger charge is 2.37. The van der Waals surface area contributed by atoms with Gasteiger partial charge in [0.2, 0.25) is 10.0 Å². The molecular weight excluding hydrogens is 290 g/mol. The van der Waals surface area contributed by atoms with Gasteiger partial charge in [-0.3, -0.25) is 0 Å². The lowest BCUT2D eigenvalue weighted by atomic mass is 10.2. The van der Waals surface area contributed by atoms with E-state index in [-0.39, 0.29) is 6.04 Å². The Kier molecular flexibility index (Phi) is 3.67. The van der Waals surface area contributed by atoms with Crippen LogP contribution in [-0.4, -0.2) is 19.3 Å². The molecule has 1 aromatic carbocycles. The molecule has 0 radical (unpaired) electrons. The molecule has 0 N–H and O–H groups in total. The van der Waals surface area contributed by atoms with Gasteiger partial charge in [-0.1, -0.05) is 24.3 Å². The lowest BCUT2D eigenvalue weighted by Crippen LogP contribution is -2.30. The van der Waals surface area contributed by atoms with Crippen molar-refractivity contribution < 1.29 is 8.42 Å². The lowest BCUT2D eigenvalue weighted by molar-refractivity contribution is 0.400. The van der Waals surface area contributed by atoms with Gasteiger partial charge in [-0.25, -0.2) is 8.42 Å². The zero-order chi connectivity index (χ0) is 14.2. The van der Waals surface area contributed by atoms with Gasteiger partial charge in [0.1, 0.15) is 0 Å². The SMILES string of the molecule is Cc1ccccc1S(=O)(=O)N1CCC[C@@H]1c1cccs1. The van der Waals surface area contributed by atoms with Crippen molar-refractivity contribution in [1.82, 2.24) is 4.31 Å². The summed E-state index contributed by atoms with van der Waals surface area (Å²) < 4.78 is 27.5. The Morgan fingerprint density at radius 2 is 2.00 bits per heavy atom. The second kappa shape index (κ2) is 5.31. The number of rotatable bonds is 3. The summed E-state index contributed by atoms with van der Waals surface area (Å²) in [5.74, 6) is 0. The Balaban J connectivity index is 2.01. The Bertz CT molecular complexity index is 692. The Labute approximate surface area is 123 Å². The highest BCUT2D eigenvalue weighted by Crippen LogP contribution is 2.38. The fourth-order valence-corrected chi connectivity index (χ4v) is 5.61. The van der Waals surface area contributed by atoms with Gasteiger partial charge in [-0.05, 0) is 42.8 Å². The first-order valence-electron chi connectivity index (χ1n) is 6.71. The molecule has 0 amide bonds. The van der Waals surface area contributed by atoms with Crippen LogP contribution in [0.25, 0.3) is 0 Å². The van der Waals surface area contributed by atoms with Gasteiger partial charge < -0.3 is 0 Å². The molecule has 3 nitrogen and oxygen atoms in total. The number of aryl methyl sites for hydroxylation is 1. The predicted octanol–water partition coefficient (Wildman–Crippen LogP) is 3.58. The number of hydrogen-bond acceptors (Lipinski definition) is 3. The fourth-order valence-electron chi connectivity index (χ4n) is 2.77. The number of benzene rings is 1. The van der Waals surface area contributed by atoms with E-state index in [2.05, 4.69) is 0 Å². The zero-order valence-electron chi connectivity index (χ0n) is 11.3. The molecule has 1 atom stereocenters. The molecule has 0 aliphatic carbocycles. The minimum absolute atomic E-state index is 0.000365. The Morgan fingerprint density at radius 1 is 1.20 bits per heavy atom. The van der Waals surface area contributed by atoms with Crippen molar-refractivity contribution in [1.29, 1.82) is 0 Å². The van der Waals surface area contributed by atoms with Crippen LogP contribution in [0.3, 0.4) is 0 Å².